The van der Waals surface area contributed by atoms with Crippen LogP contribution in [0.2, 0.25) is 0 Å². The standard InChI is InChI=1S/C15H22N2O3/c1-17-6-4-12(5-7-17)16-9-13(18)11-2-3-14-15(8-11)20-10-19-14/h2-3,8,12-13,16,18H,4-7,9-10H2,1H3. The Balaban J connectivity index is 1.52. The van der Waals surface area contributed by atoms with Crippen LogP contribution in [0.3, 0.4) is 0 Å². The van der Waals surface area contributed by atoms with Crippen LogP contribution in [0.5, 0.6) is 11.5 Å². The number of benzene rings is 1. The number of nitrogens with one attached hydrogen (secondary N) is 1. The van der Waals surface area contributed by atoms with Crippen molar-refractivity contribution in [3.8, 4) is 11.5 Å². The second-order valence-electron chi connectivity index (χ2n) is 5.61. The van der Waals surface area contributed by atoms with Gasteiger partial charge in [-0.25, -0.2) is 0 Å². The van der Waals surface area contributed by atoms with Crippen molar-refractivity contribution in [3.63, 3.8) is 0 Å². The van der Waals surface area contributed by atoms with Gasteiger partial charge in [0.05, 0.1) is 6.10 Å². The summed E-state index contributed by atoms with van der Waals surface area (Å²) in [4.78, 5) is 2.34. The summed E-state index contributed by atoms with van der Waals surface area (Å²) in [6.07, 6.45) is 1.78. The molecule has 0 radical (unpaired) electrons. The summed E-state index contributed by atoms with van der Waals surface area (Å²) >= 11 is 0. The summed E-state index contributed by atoms with van der Waals surface area (Å²) in [5, 5.41) is 13.7. The van der Waals surface area contributed by atoms with Gasteiger partial charge in [0.25, 0.3) is 0 Å². The number of aliphatic hydroxyl groups is 1. The first-order chi connectivity index (χ1) is 9.72. The van der Waals surface area contributed by atoms with Gasteiger partial charge in [0.15, 0.2) is 11.5 Å². The van der Waals surface area contributed by atoms with Crippen molar-refractivity contribution in [2.45, 2.75) is 25.0 Å². The first-order valence-corrected chi connectivity index (χ1v) is 7.22. The van der Waals surface area contributed by atoms with Crippen LogP contribution in [0.15, 0.2) is 18.2 Å². The Morgan fingerprint density at radius 2 is 2.05 bits per heavy atom. The molecule has 3 rings (SSSR count). The maximum atomic E-state index is 10.3. The van der Waals surface area contributed by atoms with E-state index in [4.69, 9.17) is 9.47 Å². The van der Waals surface area contributed by atoms with Crippen molar-refractivity contribution in [1.82, 2.24) is 10.2 Å². The van der Waals surface area contributed by atoms with Gasteiger partial charge in [0.2, 0.25) is 6.79 Å². The van der Waals surface area contributed by atoms with Crippen molar-refractivity contribution >= 4 is 0 Å². The minimum atomic E-state index is -0.510. The maximum Gasteiger partial charge on any atom is 0.231 e. The molecule has 5 heteroatoms. The van der Waals surface area contributed by atoms with Crippen molar-refractivity contribution in [3.05, 3.63) is 23.8 Å². The highest BCUT2D eigenvalue weighted by atomic mass is 16.7. The fourth-order valence-electron chi connectivity index (χ4n) is 2.73. The van der Waals surface area contributed by atoms with Crippen LogP contribution in [-0.2, 0) is 0 Å². The van der Waals surface area contributed by atoms with Gasteiger partial charge in [-0.05, 0) is 50.7 Å². The molecule has 1 aromatic carbocycles. The topological polar surface area (TPSA) is 54.0 Å². The Bertz CT molecular complexity index is 458. The van der Waals surface area contributed by atoms with Crippen molar-refractivity contribution < 1.29 is 14.6 Å². The van der Waals surface area contributed by atoms with Crippen LogP contribution in [0.1, 0.15) is 24.5 Å². The number of ether oxygens (including phenoxy) is 2. The molecule has 20 heavy (non-hydrogen) atoms. The molecule has 2 N–H and O–H groups in total. The molecule has 1 atom stereocenters. The van der Waals surface area contributed by atoms with E-state index in [-0.39, 0.29) is 6.79 Å². The predicted molar refractivity (Wildman–Crippen MR) is 76.0 cm³/mol. The molecule has 0 aliphatic carbocycles. The lowest BCUT2D eigenvalue weighted by molar-refractivity contribution is 0.157. The third kappa shape index (κ3) is 3.06. The summed E-state index contributed by atoms with van der Waals surface area (Å²) in [5.74, 6) is 1.48. The number of rotatable bonds is 4. The van der Waals surface area contributed by atoms with Gasteiger partial charge < -0.3 is 24.8 Å². The summed E-state index contributed by atoms with van der Waals surface area (Å²) < 4.78 is 10.6. The third-order valence-electron chi connectivity index (χ3n) is 4.10. The molecule has 2 aliphatic heterocycles. The molecule has 0 bridgehead atoms. The lowest BCUT2D eigenvalue weighted by Gasteiger charge is -2.30. The minimum absolute atomic E-state index is 0.267. The van der Waals surface area contributed by atoms with Crippen molar-refractivity contribution in [1.29, 1.82) is 0 Å². The second-order valence-corrected chi connectivity index (χ2v) is 5.61. The van der Waals surface area contributed by atoms with Crippen LogP contribution < -0.4 is 14.8 Å². The average Bonchev–Trinajstić information content (AvgIpc) is 2.93. The van der Waals surface area contributed by atoms with Gasteiger partial charge >= 0.3 is 0 Å². The maximum absolute atomic E-state index is 10.3. The number of hydrogen-bond donors (Lipinski definition) is 2. The second kappa shape index (κ2) is 5.99. The van der Waals surface area contributed by atoms with E-state index in [0.717, 1.165) is 43.0 Å². The highest BCUT2D eigenvalue weighted by Crippen LogP contribution is 2.34. The number of nitrogens with zero attached hydrogens (tertiary/aromatic N) is 1. The van der Waals surface area contributed by atoms with Gasteiger partial charge in [-0.1, -0.05) is 6.07 Å². The molecule has 0 amide bonds. The van der Waals surface area contributed by atoms with Crippen LogP contribution in [-0.4, -0.2) is 49.5 Å². The number of likely N-dealkylation sites (tertiary alicyclic amines) is 1. The Labute approximate surface area is 119 Å². The van der Waals surface area contributed by atoms with E-state index in [2.05, 4.69) is 17.3 Å². The molecule has 1 fully saturated rings. The van der Waals surface area contributed by atoms with Gasteiger partial charge in [-0.2, -0.15) is 0 Å². The van der Waals surface area contributed by atoms with Crippen LogP contribution >= 0.6 is 0 Å². The van der Waals surface area contributed by atoms with E-state index in [0.29, 0.717) is 12.6 Å². The number of piperidine rings is 1. The van der Waals surface area contributed by atoms with Gasteiger partial charge in [0.1, 0.15) is 0 Å². The molecule has 0 aromatic heterocycles. The Morgan fingerprint density at radius 3 is 2.85 bits per heavy atom. The van der Waals surface area contributed by atoms with Crippen LogP contribution in [0.4, 0.5) is 0 Å². The lowest BCUT2D eigenvalue weighted by atomic mass is 10.0. The fraction of sp³-hybridized carbons (Fsp3) is 0.600. The zero-order chi connectivity index (χ0) is 13.9. The van der Waals surface area contributed by atoms with Gasteiger partial charge in [-0.3, -0.25) is 0 Å². The lowest BCUT2D eigenvalue weighted by Crippen LogP contribution is -2.42. The van der Waals surface area contributed by atoms with Crippen molar-refractivity contribution in [2.75, 3.05) is 33.5 Å². The molecule has 0 saturated carbocycles. The Kier molecular flexibility index (Phi) is 4.10. The Hall–Kier alpha value is -1.30. The molecule has 5 nitrogen and oxygen atoms in total. The third-order valence-corrected chi connectivity index (χ3v) is 4.10. The van der Waals surface area contributed by atoms with Gasteiger partial charge in [-0.15, -0.1) is 0 Å². The molecule has 1 saturated heterocycles. The molecule has 2 heterocycles. The van der Waals surface area contributed by atoms with E-state index in [1.54, 1.807) is 0 Å². The average molecular weight is 278 g/mol. The zero-order valence-electron chi connectivity index (χ0n) is 11.8. The quantitative estimate of drug-likeness (QED) is 0.865. The monoisotopic (exact) mass is 278 g/mol. The number of hydrogen-bond acceptors (Lipinski definition) is 5. The fourth-order valence-corrected chi connectivity index (χ4v) is 2.73. The highest BCUT2D eigenvalue weighted by Gasteiger charge is 2.19. The van der Waals surface area contributed by atoms with E-state index in [1.807, 2.05) is 18.2 Å². The minimum Gasteiger partial charge on any atom is -0.454 e. The van der Waals surface area contributed by atoms with Crippen LogP contribution in [0.25, 0.3) is 0 Å². The molecule has 110 valence electrons. The molecule has 1 unspecified atom stereocenters. The van der Waals surface area contributed by atoms with Crippen LogP contribution in [0, 0.1) is 0 Å². The SMILES string of the molecule is CN1CCC(NCC(O)c2ccc3c(c2)OCO3)CC1. The molecule has 1 aromatic rings. The molecule has 2 aliphatic rings. The normalized spacial score (nSPS) is 21.1. The summed E-state index contributed by atoms with van der Waals surface area (Å²) in [7, 11) is 2.15. The largest absolute Gasteiger partial charge is 0.454 e. The molecule has 0 spiro atoms. The van der Waals surface area contributed by atoms with Gasteiger partial charge in [0, 0.05) is 12.6 Å². The smallest absolute Gasteiger partial charge is 0.231 e. The van der Waals surface area contributed by atoms with E-state index < -0.39 is 6.10 Å². The number of fused-ring (bicyclic) bond motifs is 1. The van der Waals surface area contributed by atoms with E-state index >= 15 is 0 Å². The highest BCUT2D eigenvalue weighted by molar-refractivity contribution is 5.45. The van der Waals surface area contributed by atoms with E-state index in [9.17, 15) is 5.11 Å². The predicted octanol–water partition coefficient (Wildman–Crippen LogP) is 1.13. The first kappa shape index (κ1) is 13.7. The summed E-state index contributed by atoms with van der Waals surface area (Å²) in [6, 6.07) is 6.13. The van der Waals surface area contributed by atoms with E-state index in [1.165, 1.54) is 0 Å². The van der Waals surface area contributed by atoms with Crippen molar-refractivity contribution in [2.24, 2.45) is 0 Å². The zero-order valence-corrected chi connectivity index (χ0v) is 11.8. The summed E-state index contributed by atoms with van der Waals surface area (Å²) in [6.45, 7) is 3.09. The summed E-state index contributed by atoms with van der Waals surface area (Å²) in [5.41, 5.74) is 0.870. The molecular weight excluding hydrogens is 256 g/mol. The first-order valence-electron chi connectivity index (χ1n) is 7.22. The number of aliphatic hydroxyl groups excluding tert-OH is 1. The Morgan fingerprint density at radius 1 is 1.30 bits per heavy atom. The molecular formula is C15H22N2O3.